The molecule has 0 aromatic heterocycles. The molecular weight excluding hydrogens is 240 g/mol. The molecule has 0 spiro atoms. The van der Waals surface area contributed by atoms with E-state index in [9.17, 15) is 0 Å². The first-order chi connectivity index (χ1) is 9.75. The molecule has 0 bridgehead atoms. The molecule has 0 saturated heterocycles. The van der Waals surface area contributed by atoms with Crippen molar-refractivity contribution in [2.24, 2.45) is 0 Å². The summed E-state index contributed by atoms with van der Waals surface area (Å²) in [6.45, 7) is 6.79. The standard InChI is InChI=1S/C20H29/c1-15-13-19(17-9-5-3-6-10-17)16(2)20(14-15)18-11-7-4-8-12-18/h13-14,17-18H,2-12H2,1H3/q-1. The highest BCUT2D eigenvalue weighted by Crippen LogP contribution is 2.40. The van der Waals surface area contributed by atoms with Gasteiger partial charge in [0.2, 0.25) is 0 Å². The van der Waals surface area contributed by atoms with Crippen molar-refractivity contribution < 1.29 is 0 Å². The maximum atomic E-state index is 4.51. The Labute approximate surface area is 125 Å². The molecule has 1 aromatic rings. The van der Waals surface area contributed by atoms with Crippen LogP contribution in [-0.2, 0) is 0 Å². The van der Waals surface area contributed by atoms with Gasteiger partial charge in [-0.3, -0.25) is 0 Å². The van der Waals surface area contributed by atoms with E-state index in [0.29, 0.717) is 0 Å². The fourth-order valence-electron chi connectivity index (χ4n) is 4.43. The van der Waals surface area contributed by atoms with Gasteiger partial charge >= 0.3 is 0 Å². The Hall–Kier alpha value is -0.910. The maximum absolute atomic E-state index is 4.51. The van der Waals surface area contributed by atoms with Crippen LogP contribution in [0.2, 0.25) is 0 Å². The van der Waals surface area contributed by atoms with Crippen LogP contribution >= 0.6 is 0 Å². The van der Waals surface area contributed by atoms with Gasteiger partial charge in [0.1, 0.15) is 0 Å². The Bertz CT molecular complexity index is 406. The predicted octanol–water partition coefficient (Wildman–Crippen LogP) is 6.27. The summed E-state index contributed by atoms with van der Waals surface area (Å²) in [6.07, 6.45) is 14.1. The predicted molar refractivity (Wildman–Crippen MR) is 87.3 cm³/mol. The van der Waals surface area contributed by atoms with Crippen LogP contribution in [0.25, 0.3) is 0 Å². The molecule has 2 saturated carbocycles. The van der Waals surface area contributed by atoms with E-state index in [1.54, 1.807) is 11.1 Å². The first kappa shape index (κ1) is 14.0. The quantitative estimate of drug-likeness (QED) is 0.555. The van der Waals surface area contributed by atoms with Gasteiger partial charge in [0.15, 0.2) is 0 Å². The molecule has 2 aliphatic carbocycles. The zero-order valence-corrected chi connectivity index (χ0v) is 13.1. The van der Waals surface area contributed by atoms with Gasteiger partial charge in [0.05, 0.1) is 0 Å². The molecule has 0 heterocycles. The molecule has 110 valence electrons. The minimum Gasteiger partial charge on any atom is -0.198 e. The second-order valence-corrected chi connectivity index (χ2v) is 7.09. The van der Waals surface area contributed by atoms with Gasteiger partial charge in [-0.15, -0.1) is 23.3 Å². The molecule has 0 aliphatic heterocycles. The normalized spacial score (nSPS) is 22.1. The fourth-order valence-corrected chi connectivity index (χ4v) is 4.43. The first-order valence-corrected chi connectivity index (χ1v) is 8.72. The maximum Gasteiger partial charge on any atom is -0.0418 e. The van der Waals surface area contributed by atoms with Gasteiger partial charge in [-0.25, -0.2) is 0 Å². The molecule has 0 nitrogen and oxygen atoms in total. The average Bonchev–Trinajstić information content (AvgIpc) is 2.51. The van der Waals surface area contributed by atoms with Crippen LogP contribution in [0.5, 0.6) is 0 Å². The molecule has 2 fully saturated rings. The van der Waals surface area contributed by atoms with Crippen LogP contribution in [0.3, 0.4) is 0 Å². The van der Waals surface area contributed by atoms with E-state index in [4.69, 9.17) is 0 Å². The van der Waals surface area contributed by atoms with Gasteiger partial charge in [0.25, 0.3) is 0 Å². The minimum absolute atomic E-state index is 0.790. The minimum atomic E-state index is 0.790. The lowest BCUT2D eigenvalue weighted by Gasteiger charge is -2.35. The third kappa shape index (κ3) is 2.90. The van der Waals surface area contributed by atoms with E-state index in [1.165, 1.54) is 75.3 Å². The lowest BCUT2D eigenvalue weighted by atomic mass is 9.76. The number of hydrogen-bond donors (Lipinski definition) is 0. The summed E-state index contributed by atoms with van der Waals surface area (Å²) in [6, 6.07) is 4.87. The lowest BCUT2D eigenvalue weighted by Crippen LogP contribution is -2.11. The van der Waals surface area contributed by atoms with Crippen molar-refractivity contribution >= 4 is 0 Å². The zero-order valence-electron chi connectivity index (χ0n) is 13.1. The monoisotopic (exact) mass is 269 g/mol. The van der Waals surface area contributed by atoms with Gasteiger partial charge < -0.3 is 0 Å². The number of benzene rings is 1. The Balaban J connectivity index is 1.91. The van der Waals surface area contributed by atoms with Crippen LogP contribution in [0, 0.1) is 13.8 Å². The summed E-state index contributed by atoms with van der Waals surface area (Å²) >= 11 is 0. The second-order valence-electron chi connectivity index (χ2n) is 7.09. The molecule has 0 amide bonds. The van der Waals surface area contributed by atoms with Crippen molar-refractivity contribution in [1.29, 1.82) is 0 Å². The van der Waals surface area contributed by atoms with Crippen molar-refractivity contribution in [3.05, 3.63) is 41.3 Å². The topological polar surface area (TPSA) is 0 Å². The van der Waals surface area contributed by atoms with Crippen LogP contribution in [0.4, 0.5) is 0 Å². The van der Waals surface area contributed by atoms with E-state index in [0.717, 1.165) is 11.8 Å². The van der Waals surface area contributed by atoms with E-state index in [-0.39, 0.29) is 0 Å². The molecule has 0 atom stereocenters. The number of rotatable bonds is 2. The van der Waals surface area contributed by atoms with Crippen molar-refractivity contribution in [2.45, 2.75) is 83.0 Å². The second kappa shape index (κ2) is 6.24. The van der Waals surface area contributed by atoms with Crippen LogP contribution in [-0.4, -0.2) is 0 Å². The lowest BCUT2D eigenvalue weighted by molar-refractivity contribution is 0.434. The summed E-state index contributed by atoms with van der Waals surface area (Å²) in [4.78, 5) is 0. The smallest absolute Gasteiger partial charge is 0.0418 e. The molecule has 0 heteroatoms. The van der Waals surface area contributed by atoms with Gasteiger partial charge in [-0.05, 0) is 6.92 Å². The molecule has 0 radical (unpaired) electrons. The van der Waals surface area contributed by atoms with E-state index < -0.39 is 0 Å². The summed E-state index contributed by atoms with van der Waals surface area (Å²) in [7, 11) is 0. The molecular formula is C20H29-. The molecule has 0 N–H and O–H groups in total. The molecule has 2 aliphatic rings. The molecule has 3 rings (SSSR count). The van der Waals surface area contributed by atoms with Crippen LogP contribution < -0.4 is 0 Å². The van der Waals surface area contributed by atoms with Gasteiger partial charge in [-0.2, -0.15) is 12.5 Å². The highest BCUT2D eigenvalue weighted by Gasteiger charge is 2.18. The fraction of sp³-hybridized carbons (Fsp3) is 0.650. The first-order valence-electron chi connectivity index (χ1n) is 8.72. The Morgan fingerprint density at radius 2 is 1.15 bits per heavy atom. The SMILES string of the molecule is [CH2-]c1c(C2CCCCC2)cc(C)cc1C1CCCCC1. The highest BCUT2D eigenvalue weighted by atomic mass is 14.3. The van der Waals surface area contributed by atoms with Crippen molar-refractivity contribution in [3.8, 4) is 0 Å². The van der Waals surface area contributed by atoms with Gasteiger partial charge in [0, 0.05) is 0 Å². The Morgan fingerprint density at radius 3 is 1.55 bits per heavy atom. The Kier molecular flexibility index (Phi) is 4.38. The summed E-state index contributed by atoms with van der Waals surface area (Å²) < 4.78 is 0. The van der Waals surface area contributed by atoms with E-state index >= 15 is 0 Å². The molecule has 0 unspecified atom stereocenters. The zero-order chi connectivity index (χ0) is 13.9. The summed E-state index contributed by atoms with van der Waals surface area (Å²) in [5.74, 6) is 1.58. The summed E-state index contributed by atoms with van der Waals surface area (Å²) in [5, 5.41) is 0. The number of aryl methyl sites for hydroxylation is 1. The molecule has 1 aromatic carbocycles. The van der Waals surface area contributed by atoms with E-state index in [1.807, 2.05) is 0 Å². The summed E-state index contributed by atoms with van der Waals surface area (Å²) in [5.41, 5.74) is 6.03. The van der Waals surface area contributed by atoms with Crippen LogP contribution in [0.15, 0.2) is 12.1 Å². The highest BCUT2D eigenvalue weighted by molar-refractivity contribution is 5.44. The van der Waals surface area contributed by atoms with E-state index in [2.05, 4.69) is 26.0 Å². The average molecular weight is 269 g/mol. The third-order valence-electron chi connectivity index (χ3n) is 5.55. The largest absolute Gasteiger partial charge is 0.198 e. The molecule has 20 heavy (non-hydrogen) atoms. The van der Waals surface area contributed by atoms with Crippen molar-refractivity contribution in [2.75, 3.05) is 0 Å². The van der Waals surface area contributed by atoms with Crippen LogP contribution in [0.1, 0.15) is 98.3 Å². The number of hydrogen-bond acceptors (Lipinski definition) is 0. The third-order valence-corrected chi connectivity index (χ3v) is 5.55. The Morgan fingerprint density at radius 1 is 0.750 bits per heavy atom. The van der Waals surface area contributed by atoms with Crippen molar-refractivity contribution in [1.82, 2.24) is 0 Å². The van der Waals surface area contributed by atoms with Gasteiger partial charge in [-0.1, -0.05) is 81.6 Å². The van der Waals surface area contributed by atoms with Crippen molar-refractivity contribution in [3.63, 3.8) is 0 Å².